The van der Waals surface area contributed by atoms with Gasteiger partial charge in [-0.2, -0.15) is 0 Å². The molecule has 0 bridgehead atoms. The zero-order chi connectivity index (χ0) is 25.6. The minimum Gasteiger partial charge on any atom is -0.324 e. The number of benzene rings is 2. The molecule has 0 radical (unpaired) electrons. The first-order valence-corrected chi connectivity index (χ1v) is 13.6. The van der Waals surface area contributed by atoms with Crippen LogP contribution >= 0.6 is 11.3 Å². The average molecular weight is 524 g/mol. The number of thiazole rings is 1. The Morgan fingerprint density at radius 3 is 2.76 bits per heavy atom. The molecule has 5 aromatic rings. The lowest BCUT2D eigenvalue weighted by molar-refractivity contribution is 0.101. The van der Waals surface area contributed by atoms with Crippen LogP contribution in [0.2, 0.25) is 0 Å². The maximum atomic E-state index is 13.2. The van der Waals surface area contributed by atoms with Gasteiger partial charge in [-0.15, -0.1) is 11.3 Å². The van der Waals surface area contributed by atoms with Crippen LogP contribution in [0.4, 0.5) is 11.1 Å². The van der Waals surface area contributed by atoms with Crippen molar-refractivity contribution in [1.29, 1.82) is 0 Å². The molecule has 38 heavy (non-hydrogen) atoms. The highest BCUT2D eigenvalue weighted by molar-refractivity contribution is 7.15. The number of hydrogen-bond acceptors (Lipinski definition) is 7. The second-order valence-corrected chi connectivity index (χ2v) is 11.0. The number of hydrogen-bond donors (Lipinski definition) is 3. The lowest BCUT2D eigenvalue weighted by Crippen LogP contribution is -2.31. The molecule has 0 unspecified atom stereocenters. The van der Waals surface area contributed by atoms with Gasteiger partial charge in [-0.05, 0) is 42.3 Å². The van der Waals surface area contributed by atoms with Crippen LogP contribution in [0.15, 0.2) is 54.7 Å². The third-order valence-electron chi connectivity index (χ3n) is 7.10. The van der Waals surface area contributed by atoms with Crippen LogP contribution < -0.4 is 10.6 Å². The van der Waals surface area contributed by atoms with Crippen molar-refractivity contribution in [3.8, 4) is 0 Å². The van der Waals surface area contributed by atoms with Crippen molar-refractivity contribution in [2.45, 2.75) is 25.8 Å². The molecule has 0 saturated heterocycles. The molecule has 1 aliphatic carbocycles. The van der Waals surface area contributed by atoms with Gasteiger partial charge in [0.1, 0.15) is 11.2 Å². The van der Waals surface area contributed by atoms with Gasteiger partial charge in [0.15, 0.2) is 5.13 Å². The summed E-state index contributed by atoms with van der Waals surface area (Å²) in [7, 11) is 0. The van der Waals surface area contributed by atoms with Crippen molar-refractivity contribution in [2.75, 3.05) is 23.7 Å². The number of para-hydroxylation sites is 1. The topological polar surface area (TPSA) is 116 Å². The molecule has 2 aromatic carbocycles. The number of fused-ring (bicyclic) bond motifs is 3. The summed E-state index contributed by atoms with van der Waals surface area (Å²) in [5.41, 5.74) is 2.90. The van der Waals surface area contributed by atoms with Gasteiger partial charge in [-0.3, -0.25) is 30.1 Å². The zero-order valence-electron chi connectivity index (χ0n) is 20.5. The van der Waals surface area contributed by atoms with Gasteiger partial charge in [0, 0.05) is 42.5 Å². The van der Waals surface area contributed by atoms with E-state index in [1.165, 1.54) is 17.7 Å². The van der Waals surface area contributed by atoms with Gasteiger partial charge in [0.05, 0.1) is 16.8 Å². The predicted octanol–water partition coefficient (Wildman–Crippen LogP) is 4.84. The Kier molecular flexibility index (Phi) is 5.63. The number of nitrogens with zero attached hydrogens (tertiary/aromatic N) is 4. The zero-order valence-corrected chi connectivity index (χ0v) is 21.3. The first-order chi connectivity index (χ1) is 18.6. The molecule has 0 atom stereocenters. The molecular weight excluding hydrogens is 498 g/mol. The van der Waals surface area contributed by atoms with E-state index in [0.29, 0.717) is 21.7 Å². The first kappa shape index (κ1) is 23.0. The molecule has 10 heteroatoms. The fraction of sp³-hybridized carbons (Fsp3) is 0.250. The molecule has 1 aliphatic heterocycles. The first-order valence-electron chi connectivity index (χ1n) is 12.8. The van der Waals surface area contributed by atoms with Gasteiger partial charge in [0.25, 0.3) is 11.8 Å². The summed E-state index contributed by atoms with van der Waals surface area (Å²) >= 11 is 1.55. The van der Waals surface area contributed by atoms with Crippen LogP contribution in [0, 0.1) is 5.92 Å². The summed E-state index contributed by atoms with van der Waals surface area (Å²) in [5, 5.41) is 8.23. The monoisotopic (exact) mass is 523 g/mol. The Hall–Kier alpha value is -4.15. The number of anilines is 2. The van der Waals surface area contributed by atoms with Crippen LogP contribution in [-0.4, -0.2) is 49.7 Å². The van der Waals surface area contributed by atoms with Gasteiger partial charge >= 0.3 is 0 Å². The lowest BCUT2D eigenvalue weighted by Gasteiger charge is -2.25. The normalized spacial score (nSPS) is 15.5. The minimum atomic E-state index is -0.384. The summed E-state index contributed by atoms with van der Waals surface area (Å²) in [6, 6.07) is 14.8. The van der Waals surface area contributed by atoms with Crippen molar-refractivity contribution < 1.29 is 9.59 Å². The van der Waals surface area contributed by atoms with Gasteiger partial charge < -0.3 is 4.98 Å². The molecule has 3 N–H and O–H groups in total. The van der Waals surface area contributed by atoms with Gasteiger partial charge in [-0.1, -0.05) is 30.3 Å². The second kappa shape index (κ2) is 9.30. The molecule has 3 aromatic heterocycles. The molecule has 1 saturated carbocycles. The Morgan fingerprint density at radius 2 is 1.89 bits per heavy atom. The third kappa shape index (κ3) is 4.52. The fourth-order valence-electron chi connectivity index (χ4n) is 4.94. The molecule has 7 rings (SSSR count). The van der Waals surface area contributed by atoms with Crippen molar-refractivity contribution in [2.24, 2.45) is 5.92 Å². The maximum absolute atomic E-state index is 13.2. The number of nitrogens with one attached hydrogen (secondary N) is 3. The Bertz CT molecular complexity index is 1700. The number of aromatic amines is 1. The summed E-state index contributed by atoms with van der Waals surface area (Å²) in [5.74, 6) is 0.444. The number of aromatic nitrogens is 4. The summed E-state index contributed by atoms with van der Waals surface area (Å²) < 4.78 is 0. The van der Waals surface area contributed by atoms with E-state index in [-0.39, 0.29) is 23.5 Å². The number of H-pyrrole nitrogens is 1. The van der Waals surface area contributed by atoms with Crippen LogP contribution in [0.5, 0.6) is 0 Å². The van der Waals surface area contributed by atoms with E-state index in [1.54, 1.807) is 35.7 Å². The van der Waals surface area contributed by atoms with Crippen molar-refractivity contribution >= 4 is 56.0 Å². The van der Waals surface area contributed by atoms with Crippen molar-refractivity contribution in [3.05, 3.63) is 76.6 Å². The van der Waals surface area contributed by atoms with E-state index in [9.17, 15) is 9.59 Å². The van der Waals surface area contributed by atoms with E-state index < -0.39 is 0 Å². The van der Waals surface area contributed by atoms with E-state index in [1.807, 2.05) is 30.3 Å². The number of carbonyl (C=O) groups excluding carboxylic acids is 2. The molecule has 2 aliphatic rings. The van der Waals surface area contributed by atoms with Gasteiger partial charge in [-0.25, -0.2) is 9.97 Å². The smallest absolute Gasteiger partial charge is 0.276 e. The number of rotatable bonds is 6. The van der Waals surface area contributed by atoms with Crippen LogP contribution in [0.25, 0.3) is 21.8 Å². The van der Waals surface area contributed by atoms with E-state index >= 15 is 0 Å². The highest BCUT2D eigenvalue weighted by Crippen LogP contribution is 2.34. The molecule has 1 fully saturated rings. The summed E-state index contributed by atoms with van der Waals surface area (Å²) in [4.78, 5) is 46.4. The maximum Gasteiger partial charge on any atom is 0.276 e. The van der Waals surface area contributed by atoms with Gasteiger partial charge in [0.2, 0.25) is 5.95 Å². The summed E-state index contributed by atoms with van der Waals surface area (Å²) in [6.45, 7) is 3.09. The molecule has 2 amide bonds. The standard InChI is InChI=1S/C28H25N7O2S/c36-25(34-28-31-20-10-11-35(14-16-8-9-16)15-23(20)38-28)19-6-3-7-21-24(19)32-27(30-21)33-26(37)22-12-17-4-1-2-5-18(17)13-29-22/h1-7,12-13,16H,8-11,14-15H2,(H,31,34,36)(H2,30,32,33,37). The molecule has 0 spiro atoms. The molecule has 9 nitrogen and oxygen atoms in total. The third-order valence-corrected chi connectivity index (χ3v) is 8.09. The molecule has 190 valence electrons. The van der Waals surface area contributed by atoms with Crippen LogP contribution in [-0.2, 0) is 13.0 Å². The number of amides is 2. The van der Waals surface area contributed by atoms with E-state index in [0.717, 1.165) is 48.4 Å². The van der Waals surface area contributed by atoms with Crippen molar-refractivity contribution in [1.82, 2.24) is 24.8 Å². The summed E-state index contributed by atoms with van der Waals surface area (Å²) in [6.07, 6.45) is 5.28. The predicted molar refractivity (Wildman–Crippen MR) is 148 cm³/mol. The minimum absolute atomic E-state index is 0.251. The number of pyridine rings is 1. The molecule has 4 heterocycles. The highest BCUT2D eigenvalue weighted by atomic mass is 32.1. The quantitative estimate of drug-likeness (QED) is 0.293. The Morgan fingerprint density at radius 1 is 1.03 bits per heavy atom. The fourth-order valence-corrected chi connectivity index (χ4v) is 5.99. The van der Waals surface area contributed by atoms with E-state index in [2.05, 4.69) is 30.5 Å². The molecular formula is C28H25N7O2S. The number of imidazole rings is 1. The van der Waals surface area contributed by atoms with Crippen LogP contribution in [0.1, 0.15) is 44.3 Å². The van der Waals surface area contributed by atoms with Crippen molar-refractivity contribution in [3.63, 3.8) is 0 Å². The Labute approximate surface area is 222 Å². The van der Waals surface area contributed by atoms with E-state index in [4.69, 9.17) is 4.98 Å². The second-order valence-electron chi connectivity index (χ2n) is 9.93. The lowest BCUT2D eigenvalue weighted by atomic mass is 10.1. The number of carbonyl (C=O) groups is 2. The Balaban J connectivity index is 1.08. The highest BCUT2D eigenvalue weighted by Gasteiger charge is 2.28. The largest absolute Gasteiger partial charge is 0.324 e. The van der Waals surface area contributed by atoms with Crippen LogP contribution in [0.3, 0.4) is 0 Å². The SMILES string of the molecule is O=C(Nc1nc2c(C(=O)Nc3nc4c(s3)CN(CC3CC3)CC4)cccc2[nH]1)c1cc2ccccc2cn1. The average Bonchev–Trinajstić information content (AvgIpc) is 3.50.